The molecule has 80 heavy (non-hydrogen) atoms. The smallest absolute Gasteiger partial charge is 0.196 e. The largest absolute Gasteiger partial charge is 0.396 e. The lowest BCUT2D eigenvalue weighted by Gasteiger charge is -2.39. The third kappa shape index (κ3) is 39.1. The molecule has 0 amide bonds. The highest BCUT2D eigenvalue weighted by molar-refractivity contribution is 5.94. The fraction of sp³-hybridized carbons (Fsp3) is 0.746. The maximum absolute atomic E-state index is 8.78. The first-order valence-corrected chi connectivity index (χ1v) is 29.3. The Morgan fingerprint density at radius 2 is 1.23 bits per heavy atom. The summed E-state index contributed by atoms with van der Waals surface area (Å²) in [4.78, 5) is 39.0. The summed E-state index contributed by atoms with van der Waals surface area (Å²) in [6.07, 6.45) is 17.3. The molecule has 1 aromatic carbocycles. The quantitative estimate of drug-likeness (QED) is 0.121. The number of hydrogen-bond acceptors (Lipinski definition) is 16. The zero-order chi connectivity index (χ0) is 60.3. The number of likely N-dealkylation sites (tertiary alicyclic amines) is 1. The molecule has 0 spiro atoms. The Bertz CT molecular complexity index is 1890. The average Bonchev–Trinajstić information content (AvgIpc) is 3.81. The number of nitrogen functional groups attached to an aromatic ring is 1. The Morgan fingerprint density at radius 3 is 1.61 bits per heavy atom. The molecule has 1 unspecified atom stereocenters. The molecule has 4 saturated heterocycles. The van der Waals surface area contributed by atoms with Gasteiger partial charge in [0.25, 0.3) is 0 Å². The van der Waals surface area contributed by atoms with E-state index in [1.165, 1.54) is 155 Å². The molecule has 0 radical (unpaired) electrons. The number of nitrogens with one attached hydrogen (secondary N) is 4. The van der Waals surface area contributed by atoms with E-state index in [2.05, 4.69) is 107 Å². The van der Waals surface area contributed by atoms with Gasteiger partial charge in [0.05, 0.1) is 29.9 Å². The van der Waals surface area contributed by atoms with Crippen LogP contribution in [0.1, 0.15) is 90.5 Å². The van der Waals surface area contributed by atoms with Crippen LogP contribution in [0.4, 0.5) is 0 Å². The molecule has 0 saturated carbocycles. The van der Waals surface area contributed by atoms with E-state index in [4.69, 9.17) is 32.8 Å². The Balaban J connectivity index is 0.000000876. The Labute approximate surface area is 487 Å². The van der Waals surface area contributed by atoms with Crippen LogP contribution < -0.4 is 16.8 Å². The van der Waals surface area contributed by atoms with E-state index >= 15 is 0 Å². The number of aliphatic imine (C=N–C) groups is 4. The molecule has 4 fully saturated rings. The van der Waals surface area contributed by atoms with E-state index in [0.29, 0.717) is 18.5 Å². The Kier molecular flexibility index (Phi) is 43.2. The zero-order valence-electron chi connectivity index (χ0n) is 53.3. The summed E-state index contributed by atoms with van der Waals surface area (Å²) in [5, 5.41) is 32.4. The lowest BCUT2D eigenvalue weighted by Crippen LogP contribution is -2.50. The minimum atomic E-state index is 0.121. The van der Waals surface area contributed by atoms with E-state index in [1.807, 2.05) is 91.4 Å². The number of hydrogen-bond donors (Lipinski definition) is 7. The van der Waals surface area contributed by atoms with Gasteiger partial charge in [-0.15, -0.1) is 0 Å². The summed E-state index contributed by atoms with van der Waals surface area (Å²) in [7, 11) is 23.9. The summed E-state index contributed by atoms with van der Waals surface area (Å²) in [6.45, 7) is 25.7. The molecule has 0 aromatic heterocycles. The SMILES string of the molecule is C1CCC2=NCCCN2CC1.CC(=N)N.CC1=NCCN1.CN(C)C(=N)N(C)C.CN1CC=CCC1.CN1CCCC(CO)C1.CN1CCCN2CCCN=C12.CN1CCN(C)CC1.CN=C(C)N(C)C.N=C(N)c1ccccc1. The molecular weight excluding hydrogens is 1000 g/mol. The normalized spacial score (nSPS) is 19.6. The molecule has 460 valence electrons. The number of nitrogens with zero attached hydrogens (tertiary/aromatic N) is 14. The van der Waals surface area contributed by atoms with Crippen LogP contribution in [0.15, 0.2) is 62.5 Å². The molecule has 0 aliphatic carbocycles. The first-order valence-electron chi connectivity index (χ1n) is 29.3. The van der Waals surface area contributed by atoms with E-state index < -0.39 is 0 Å². The number of fused-ring (bicyclic) bond motifs is 2. The zero-order valence-corrected chi connectivity index (χ0v) is 53.3. The molecule has 8 aliphatic rings. The van der Waals surface area contributed by atoms with Gasteiger partial charge in [-0.25, -0.2) is 0 Å². The topological polar surface area (TPSA) is 238 Å². The van der Waals surface area contributed by atoms with Crippen molar-refractivity contribution < 1.29 is 5.11 Å². The van der Waals surface area contributed by atoms with Crippen LogP contribution in [0.5, 0.6) is 0 Å². The third-order valence-electron chi connectivity index (χ3n) is 13.7. The molecule has 1 atom stereocenters. The van der Waals surface area contributed by atoms with Crippen LogP contribution in [0, 0.1) is 22.1 Å². The first-order chi connectivity index (χ1) is 38.0. The van der Waals surface area contributed by atoms with Gasteiger partial charge >= 0.3 is 0 Å². The lowest BCUT2D eigenvalue weighted by molar-refractivity contribution is 0.138. The number of likely N-dealkylation sites (N-methyl/N-ethyl adjacent to an activating group) is 3. The lowest BCUT2D eigenvalue weighted by atomic mass is 10.00. The standard InChI is InChI=1S/C9H16N2.C8H15N3.C7H8N2.C7H15NO.C6H14N2.C6H11N.C5H13N3.C5H12N2.C4H8N2.C2H6N2/c1-2-5-9-10-6-4-8-11(9)7-3-1;1-10-5-3-7-11-6-2-4-9-8(10)11;8-7(9)6-4-2-1-3-5-6;1-8-4-2-3-7(5-8)6-9;1-7-3-5-8(2)6-4-7;1-7-5-3-2-4-6-7;1-7(2)5(6)8(3)4;1-5(6-2)7(3)4;1-4-5-2-3-6-4;1-2(3)4/h1-8H2;2-7H2,1H3;1-5H,(H3,8,9);7,9H,2-6H2,1H3;3-6H2,1-2H3;2-3H,4-6H2,1H3;6H,1-4H3;1-4H3;2-3H2,1H3,(H,5,6);1H3,(H3,3,4). The molecule has 9 rings (SSSR count). The second-order valence-electron chi connectivity index (χ2n) is 22.0. The number of amidine groups is 5. The molecule has 8 aliphatic heterocycles. The third-order valence-corrected chi connectivity index (χ3v) is 13.7. The number of aliphatic hydroxyl groups excluding tert-OH is 1. The number of guanidine groups is 2. The van der Waals surface area contributed by atoms with E-state index in [-0.39, 0.29) is 11.7 Å². The van der Waals surface area contributed by atoms with Crippen molar-refractivity contribution in [1.29, 1.82) is 16.2 Å². The van der Waals surface area contributed by atoms with Crippen molar-refractivity contribution in [3.8, 4) is 0 Å². The minimum absolute atomic E-state index is 0.121. The second kappa shape index (κ2) is 46.3. The van der Waals surface area contributed by atoms with Gasteiger partial charge < -0.3 is 70.9 Å². The van der Waals surface area contributed by atoms with E-state index in [9.17, 15) is 0 Å². The number of aliphatic hydroxyl groups is 1. The Hall–Kier alpha value is -5.35. The maximum Gasteiger partial charge on any atom is 0.196 e. The summed E-state index contributed by atoms with van der Waals surface area (Å²) < 4.78 is 0. The number of piperidine rings is 1. The van der Waals surface area contributed by atoms with Crippen molar-refractivity contribution in [2.45, 2.75) is 85.0 Å². The number of rotatable bonds is 2. The van der Waals surface area contributed by atoms with Crippen molar-refractivity contribution in [3.05, 3.63) is 48.0 Å². The molecule has 21 nitrogen and oxygen atoms in total. The van der Waals surface area contributed by atoms with Crippen LogP contribution in [0.2, 0.25) is 0 Å². The summed E-state index contributed by atoms with van der Waals surface area (Å²) in [5.41, 5.74) is 10.7. The average molecular weight is 1120 g/mol. The van der Waals surface area contributed by atoms with Gasteiger partial charge in [-0.3, -0.25) is 36.2 Å². The summed E-state index contributed by atoms with van der Waals surface area (Å²) in [6, 6.07) is 9.23. The van der Waals surface area contributed by atoms with Crippen LogP contribution in [-0.2, 0) is 0 Å². The minimum Gasteiger partial charge on any atom is -0.396 e. The molecule has 8 heterocycles. The van der Waals surface area contributed by atoms with Crippen LogP contribution in [0.3, 0.4) is 0 Å². The van der Waals surface area contributed by atoms with Crippen LogP contribution >= 0.6 is 0 Å². The molecule has 1 aromatic rings. The maximum atomic E-state index is 8.78. The summed E-state index contributed by atoms with van der Waals surface area (Å²) >= 11 is 0. The highest BCUT2D eigenvalue weighted by Crippen LogP contribution is 2.16. The predicted molar refractivity (Wildman–Crippen MR) is 345 cm³/mol. The van der Waals surface area contributed by atoms with Crippen molar-refractivity contribution in [1.82, 2.24) is 54.3 Å². The molecular formula is C59H118N20O. The fourth-order valence-electron chi connectivity index (χ4n) is 8.57. The monoisotopic (exact) mass is 1120 g/mol. The van der Waals surface area contributed by atoms with Crippen molar-refractivity contribution in [2.75, 3.05) is 202 Å². The van der Waals surface area contributed by atoms with Crippen LogP contribution in [0.25, 0.3) is 0 Å². The highest BCUT2D eigenvalue weighted by atomic mass is 16.3. The van der Waals surface area contributed by atoms with Gasteiger partial charge in [0.15, 0.2) is 11.9 Å². The molecule has 21 heteroatoms. The van der Waals surface area contributed by atoms with Gasteiger partial charge in [0, 0.05) is 173 Å². The number of nitrogens with two attached hydrogens (primary N) is 2. The van der Waals surface area contributed by atoms with Gasteiger partial charge in [0.1, 0.15) is 5.84 Å². The number of benzene rings is 1. The second-order valence-corrected chi connectivity index (χ2v) is 22.0. The van der Waals surface area contributed by atoms with E-state index in [0.717, 1.165) is 56.5 Å². The van der Waals surface area contributed by atoms with Gasteiger partial charge in [-0.05, 0) is 113 Å². The molecule has 0 bridgehead atoms. The van der Waals surface area contributed by atoms with E-state index in [1.54, 1.807) is 16.8 Å². The summed E-state index contributed by atoms with van der Waals surface area (Å²) in [5.74, 6) is 6.11. The Morgan fingerprint density at radius 1 is 0.650 bits per heavy atom. The highest BCUT2D eigenvalue weighted by Gasteiger charge is 2.22. The predicted octanol–water partition coefficient (Wildman–Crippen LogP) is 4.67. The fourth-order valence-corrected chi connectivity index (χ4v) is 8.57. The van der Waals surface area contributed by atoms with Crippen LogP contribution in [-0.4, -0.2) is 298 Å². The van der Waals surface area contributed by atoms with Crippen molar-refractivity contribution in [3.63, 3.8) is 0 Å². The number of piperazine rings is 1. The van der Waals surface area contributed by atoms with Gasteiger partial charge in [-0.1, -0.05) is 48.9 Å². The van der Waals surface area contributed by atoms with Crippen molar-refractivity contribution in [2.24, 2.45) is 37.4 Å². The van der Waals surface area contributed by atoms with Gasteiger partial charge in [-0.2, -0.15) is 0 Å². The molecule has 9 N–H and O–H groups in total. The van der Waals surface area contributed by atoms with Crippen molar-refractivity contribution >= 4 is 41.1 Å². The first kappa shape index (κ1) is 74.7. The van der Waals surface area contributed by atoms with Gasteiger partial charge in [0.2, 0.25) is 0 Å².